The van der Waals surface area contributed by atoms with Gasteiger partial charge in [-0.05, 0) is 37.8 Å². The highest BCUT2D eigenvalue weighted by Gasteiger charge is 2.35. The zero-order valence-electron chi connectivity index (χ0n) is 17.6. The van der Waals surface area contributed by atoms with Gasteiger partial charge in [0.2, 0.25) is 0 Å². The van der Waals surface area contributed by atoms with Crippen molar-refractivity contribution in [3.63, 3.8) is 0 Å². The Morgan fingerprint density at radius 1 is 1.25 bits per heavy atom. The van der Waals surface area contributed by atoms with Crippen LogP contribution in [0.4, 0.5) is 13.2 Å². The maximum atomic E-state index is 13.5. The molecule has 2 heterocycles. The van der Waals surface area contributed by atoms with Crippen molar-refractivity contribution in [1.29, 1.82) is 0 Å². The van der Waals surface area contributed by atoms with Crippen LogP contribution in [0.15, 0.2) is 37.1 Å². The van der Waals surface area contributed by atoms with E-state index in [4.69, 9.17) is 9.47 Å². The third kappa shape index (κ3) is 4.81. The topological polar surface area (TPSA) is 81.2 Å². The van der Waals surface area contributed by atoms with Gasteiger partial charge in [0.15, 0.2) is 0 Å². The van der Waals surface area contributed by atoms with Crippen molar-refractivity contribution in [3.8, 4) is 5.69 Å². The molecule has 1 saturated carbocycles. The van der Waals surface area contributed by atoms with Crippen molar-refractivity contribution < 1.29 is 27.4 Å². The van der Waals surface area contributed by atoms with Gasteiger partial charge in [-0.1, -0.05) is 0 Å². The van der Waals surface area contributed by atoms with Crippen LogP contribution in [0.25, 0.3) is 16.6 Å². The second-order valence-electron chi connectivity index (χ2n) is 7.90. The number of carbonyl (C=O) groups excluding carboxylic acids is 1. The van der Waals surface area contributed by atoms with Crippen LogP contribution in [0, 0.1) is 0 Å². The molecule has 1 aliphatic carbocycles. The lowest BCUT2D eigenvalue weighted by Gasteiger charge is -2.29. The third-order valence-electron chi connectivity index (χ3n) is 5.78. The fourth-order valence-corrected chi connectivity index (χ4v) is 4.13. The molecule has 0 spiro atoms. The number of amides is 1. The first kappa shape index (κ1) is 22.3. The SMILES string of the molecule is COCCO[C@H]1CC[C@H](NC(=O)c2cc(-n3ccnc3)cc3c(C(F)(F)F)c[nH]c23)CC1. The summed E-state index contributed by atoms with van der Waals surface area (Å²) in [6.45, 7) is 1.07. The number of aromatic amines is 1. The summed E-state index contributed by atoms with van der Waals surface area (Å²) >= 11 is 0. The lowest BCUT2D eigenvalue weighted by Crippen LogP contribution is -2.39. The van der Waals surface area contributed by atoms with Crippen molar-refractivity contribution in [1.82, 2.24) is 19.9 Å². The van der Waals surface area contributed by atoms with Crippen LogP contribution < -0.4 is 5.32 Å². The second kappa shape index (κ2) is 9.33. The number of nitrogens with one attached hydrogen (secondary N) is 2. The zero-order chi connectivity index (χ0) is 22.7. The zero-order valence-corrected chi connectivity index (χ0v) is 17.6. The van der Waals surface area contributed by atoms with Crippen LogP contribution in [0.3, 0.4) is 0 Å². The van der Waals surface area contributed by atoms with Crippen molar-refractivity contribution in [2.24, 2.45) is 0 Å². The Balaban J connectivity index is 1.55. The number of benzene rings is 1. The molecule has 0 radical (unpaired) electrons. The summed E-state index contributed by atoms with van der Waals surface area (Å²) in [4.78, 5) is 19.7. The summed E-state index contributed by atoms with van der Waals surface area (Å²) in [6.07, 6.45) is 4.22. The number of rotatable bonds is 7. The number of imidazole rings is 1. The van der Waals surface area contributed by atoms with Crippen molar-refractivity contribution in [2.45, 2.75) is 44.0 Å². The van der Waals surface area contributed by atoms with Crippen LogP contribution in [-0.2, 0) is 15.7 Å². The van der Waals surface area contributed by atoms with E-state index in [9.17, 15) is 18.0 Å². The first-order valence-corrected chi connectivity index (χ1v) is 10.5. The highest BCUT2D eigenvalue weighted by Crippen LogP contribution is 2.37. The Morgan fingerprint density at radius 3 is 2.69 bits per heavy atom. The fourth-order valence-electron chi connectivity index (χ4n) is 4.13. The molecule has 0 aliphatic heterocycles. The average molecular weight is 450 g/mol. The minimum atomic E-state index is -4.54. The van der Waals surface area contributed by atoms with E-state index in [1.54, 1.807) is 23.9 Å². The van der Waals surface area contributed by atoms with Crippen molar-refractivity contribution >= 4 is 16.8 Å². The Bertz CT molecular complexity index is 1050. The van der Waals surface area contributed by atoms with E-state index in [0.29, 0.717) is 18.9 Å². The lowest BCUT2D eigenvalue weighted by molar-refractivity contribution is -0.136. The monoisotopic (exact) mass is 450 g/mol. The Hall–Kier alpha value is -2.85. The molecular formula is C22H25F3N4O3. The molecule has 2 N–H and O–H groups in total. The van der Waals surface area contributed by atoms with E-state index >= 15 is 0 Å². The van der Waals surface area contributed by atoms with Gasteiger partial charge >= 0.3 is 6.18 Å². The molecule has 1 fully saturated rings. The molecule has 1 aromatic carbocycles. The van der Waals surface area contributed by atoms with E-state index in [-0.39, 0.29) is 28.6 Å². The first-order chi connectivity index (χ1) is 15.4. The van der Waals surface area contributed by atoms with Crippen LogP contribution in [0.5, 0.6) is 0 Å². The predicted molar refractivity (Wildman–Crippen MR) is 112 cm³/mol. The summed E-state index contributed by atoms with van der Waals surface area (Å²) in [6, 6.07) is 2.93. The highest BCUT2D eigenvalue weighted by atomic mass is 19.4. The number of ether oxygens (including phenoxy) is 2. The third-order valence-corrected chi connectivity index (χ3v) is 5.78. The molecule has 32 heavy (non-hydrogen) atoms. The van der Waals surface area contributed by atoms with Gasteiger partial charge in [0.1, 0.15) is 0 Å². The number of hydrogen-bond donors (Lipinski definition) is 2. The standard InChI is InChI=1S/C22H25F3N4O3/c1-31-8-9-32-16-4-2-14(3-5-16)28-21(30)18-11-15(29-7-6-26-13-29)10-17-19(22(23,24)25)12-27-20(17)18/h6-7,10-14,16,27H,2-5,8-9H2,1H3,(H,28,30)/t14-,16-. The Kier molecular flexibility index (Phi) is 6.52. The van der Waals surface area contributed by atoms with E-state index in [1.807, 2.05) is 0 Å². The van der Waals surface area contributed by atoms with E-state index in [2.05, 4.69) is 15.3 Å². The average Bonchev–Trinajstić information content (AvgIpc) is 3.44. The normalized spacial score (nSPS) is 19.4. The molecular weight excluding hydrogens is 425 g/mol. The number of methoxy groups -OCH3 is 1. The summed E-state index contributed by atoms with van der Waals surface area (Å²) in [5, 5.41) is 2.94. The van der Waals surface area contributed by atoms with Crippen LogP contribution in [0.2, 0.25) is 0 Å². The van der Waals surface area contributed by atoms with E-state index in [0.717, 1.165) is 31.9 Å². The second-order valence-corrected chi connectivity index (χ2v) is 7.90. The van der Waals surface area contributed by atoms with Gasteiger partial charge in [-0.2, -0.15) is 13.2 Å². The number of nitrogens with zero attached hydrogens (tertiary/aromatic N) is 2. The summed E-state index contributed by atoms with van der Waals surface area (Å²) in [5.41, 5.74) is -0.0480. The Labute approximate surface area is 182 Å². The number of alkyl halides is 3. The van der Waals surface area contributed by atoms with Crippen molar-refractivity contribution in [2.75, 3.05) is 20.3 Å². The smallest absolute Gasteiger partial charge is 0.382 e. The molecule has 4 rings (SSSR count). The first-order valence-electron chi connectivity index (χ1n) is 10.5. The molecule has 7 nitrogen and oxygen atoms in total. The molecule has 2 aromatic heterocycles. The maximum Gasteiger partial charge on any atom is 0.418 e. The molecule has 0 bridgehead atoms. The van der Waals surface area contributed by atoms with Crippen LogP contribution >= 0.6 is 0 Å². The number of hydrogen-bond acceptors (Lipinski definition) is 4. The van der Waals surface area contributed by atoms with Crippen LogP contribution in [0.1, 0.15) is 41.6 Å². The molecule has 10 heteroatoms. The molecule has 1 aliphatic rings. The number of fused-ring (bicyclic) bond motifs is 1. The molecule has 1 amide bonds. The number of H-pyrrole nitrogens is 1. The van der Waals surface area contributed by atoms with Gasteiger partial charge < -0.3 is 24.3 Å². The minimum Gasteiger partial charge on any atom is -0.382 e. The summed E-state index contributed by atoms with van der Waals surface area (Å²) in [5.74, 6) is -0.406. The number of carbonyl (C=O) groups is 1. The fraction of sp³-hybridized carbons (Fsp3) is 0.455. The quantitative estimate of drug-likeness (QED) is 0.532. The van der Waals surface area contributed by atoms with Gasteiger partial charge in [-0.3, -0.25) is 4.79 Å². The Morgan fingerprint density at radius 2 is 2.03 bits per heavy atom. The van der Waals surface area contributed by atoms with Gasteiger partial charge in [-0.25, -0.2) is 4.98 Å². The van der Waals surface area contributed by atoms with Gasteiger partial charge in [0.25, 0.3) is 5.91 Å². The van der Waals surface area contributed by atoms with Gasteiger partial charge in [0, 0.05) is 42.8 Å². The minimum absolute atomic E-state index is 0.0518. The number of halogens is 3. The van der Waals surface area contributed by atoms with E-state index in [1.165, 1.54) is 18.6 Å². The molecule has 0 unspecified atom stereocenters. The van der Waals surface area contributed by atoms with Gasteiger partial charge in [-0.15, -0.1) is 0 Å². The predicted octanol–water partition coefficient (Wildman–Crippen LogP) is 4.08. The molecule has 172 valence electrons. The summed E-state index contributed by atoms with van der Waals surface area (Å²) < 4.78 is 52.9. The van der Waals surface area contributed by atoms with E-state index < -0.39 is 17.6 Å². The van der Waals surface area contributed by atoms with Gasteiger partial charge in [0.05, 0.1) is 42.3 Å². The largest absolute Gasteiger partial charge is 0.418 e. The maximum absolute atomic E-state index is 13.5. The van der Waals surface area contributed by atoms with Crippen molar-refractivity contribution in [3.05, 3.63) is 48.2 Å². The molecule has 0 atom stereocenters. The summed E-state index contributed by atoms with van der Waals surface area (Å²) in [7, 11) is 1.62. The van der Waals surface area contributed by atoms with Crippen LogP contribution in [-0.4, -0.2) is 52.9 Å². The lowest BCUT2D eigenvalue weighted by atomic mass is 9.92. The highest BCUT2D eigenvalue weighted by molar-refractivity contribution is 6.07. The molecule has 3 aromatic rings. The number of aromatic nitrogens is 3. The molecule has 0 saturated heterocycles.